The lowest BCUT2D eigenvalue weighted by Gasteiger charge is -2.26. The lowest BCUT2D eigenvalue weighted by molar-refractivity contribution is -0.139. The van der Waals surface area contributed by atoms with Crippen LogP contribution < -0.4 is 10.6 Å². The van der Waals surface area contributed by atoms with Gasteiger partial charge in [-0.15, -0.1) is 0 Å². The van der Waals surface area contributed by atoms with Gasteiger partial charge in [0.05, 0.1) is 6.54 Å². The second kappa shape index (κ2) is 9.17. The number of hydrogen-bond donors (Lipinski definition) is 3. The van der Waals surface area contributed by atoms with Crippen molar-refractivity contribution >= 4 is 17.9 Å². The van der Waals surface area contributed by atoms with E-state index >= 15 is 0 Å². The first kappa shape index (κ1) is 17.2. The van der Waals surface area contributed by atoms with Crippen molar-refractivity contribution in [3.63, 3.8) is 0 Å². The molecular weight excluding hydrogens is 278 g/mol. The molecule has 1 aliphatic rings. The van der Waals surface area contributed by atoms with E-state index in [1.807, 2.05) is 0 Å². The number of carbonyl (C=O) groups is 3. The number of nitrogens with one attached hydrogen (secondary N) is 2. The number of methoxy groups -OCH3 is 1. The third kappa shape index (κ3) is 6.44. The molecule has 1 fully saturated rings. The molecule has 8 nitrogen and oxygen atoms in total. The van der Waals surface area contributed by atoms with Crippen molar-refractivity contribution < 1.29 is 24.2 Å². The SMILES string of the molecule is COCCC(NC(=O)NCC(=O)N1CCCCC1)C(=O)O. The zero-order valence-electron chi connectivity index (χ0n) is 12.3. The highest BCUT2D eigenvalue weighted by Gasteiger charge is 2.21. The van der Waals surface area contributed by atoms with Crippen molar-refractivity contribution in [1.29, 1.82) is 0 Å². The Hall–Kier alpha value is -1.83. The molecule has 1 heterocycles. The summed E-state index contributed by atoms with van der Waals surface area (Å²) in [5, 5.41) is 13.7. The highest BCUT2D eigenvalue weighted by molar-refractivity contribution is 5.86. The van der Waals surface area contributed by atoms with Crippen LogP contribution in [0.15, 0.2) is 0 Å². The lowest BCUT2D eigenvalue weighted by atomic mass is 10.1. The summed E-state index contributed by atoms with van der Waals surface area (Å²) in [7, 11) is 1.45. The van der Waals surface area contributed by atoms with Gasteiger partial charge in [-0.25, -0.2) is 9.59 Å². The van der Waals surface area contributed by atoms with Crippen molar-refractivity contribution in [2.75, 3.05) is 33.4 Å². The Morgan fingerprint density at radius 1 is 1.24 bits per heavy atom. The van der Waals surface area contributed by atoms with Crippen LogP contribution in [0.4, 0.5) is 4.79 Å². The lowest BCUT2D eigenvalue weighted by Crippen LogP contribution is -2.49. The van der Waals surface area contributed by atoms with E-state index in [4.69, 9.17) is 9.84 Å². The number of hydrogen-bond acceptors (Lipinski definition) is 4. The van der Waals surface area contributed by atoms with E-state index in [1.165, 1.54) is 7.11 Å². The fraction of sp³-hybridized carbons (Fsp3) is 0.769. The normalized spacial score (nSPS) is 16.1. The summed E-state index contributed by atoms with van der Waals surface area (Å²) in [6.45, 7) is 1.54. The van der Waals surface area contributed by atoms with Gasteiger partial charge in [-0.3, -0.25) is 4.79 Å². The topological polar surface area (TPSA) is 108 Å². The average molecular weight is 301 g/mol. The number of carbonyl (C=O) groups excluding carboxylic acids is 2. The van der Waals surface area contributed by atoms with Crippen LogP contribution in [0.1, 0.15) is 25.7 Å². The molecule has 0 aromatic rings. The Bertz CT molecular complexity index is 369. The number of likely N-dealkylation sites (tertiary alicyclic amines) is 1. The van der Waals surface area contributed by atoms with Gasteiger partial charge in [0.2, 0.25) is 5.91 Å². The number of carboxylic acids is 1. The standard InChI is InChI=1S/C13H23N3O5/c1-21-8-5-10(12(18)19)15-13(20)14-9-11(17)16-6-3-2-4-7-16/h10H,2-9H2,1H3,(H,18,19)(H2,14,15,20). The molecule has 8 heteroatoms. The fourth-order valence-corrected chi connectivity index (χ4v) is 2.11. The van der Waals surface area contributed by atoms with Gasteiger partial charge in [-0.05, 0) is 19.3 Å². The molecule has 120 valence electrons. The maximum Gasteiger partial charge on any atom is 0.326 e. The molecule has 1 aliphatic heterocycles. The van der Waals surface area contributed by atoms with Gasteiger partial charge < -0.3 is 25.4 Å². The number of amides is 3. The number of urea groups is 1. The molecule has 0 radical (unpaired) electrons. The molecule has 0 spiro atoms. The van der Waals surface area contributed by atoms with E-state index in [2.05, 4.69) is 10.6 Å². The molecule has 0 saturated carbocycles. The molecule has 0 aromatic carbocycles. The number of nitrogens with zero attached hydrogens (tertiary/aromatic N) is 1. The molecule has 3 N–H and O–H groups in total. The minimum atomic E-state index is -1.13. The molecule has 0 aromatic heterocycles. The smallest absolute Gasteiger partial charge is 0.326 e. The van der Waals surface area contributed by atoms with Crippen molar-refractivity contribution in [2.24, 2.45) is 0 Å². The molecule has 0 bridgehead atoms. The molecule has 3 amide bonds. The second-order valence-electron chi connectivity index (χ2n) is 4.94. The van der Waals surface area contributed by atoms with Crippen molar-refractivity contribution in [3.05, 3.63) is 0 Å². The summed E-state index contributed by atoms with van der Waals surface area (Å²) >= 11 is 0. The highest BCUT2D eigenvalue weighted by atomic mass is 16.5. The Morgan fingerprint density at radius 2 is 1.90 bits per heavy atom. The first-order valence-electron chi connectivity index (χ1n) is 7.08. The van der Waals surface area contributed by atoms with E-state index in [0.29, 0.717) is 13.1 Å². The van der Waals surface area contributed by atoms with Crippen LogP contribution in [-0.2, 0) is 14.3 Å². The molecule has 21 heavy (non-hydrogen) atoms. The molecule has 0 aliphatic carbocycles. The summed E-state index contributed by atoms with van der Waals surface area (Å²) in [5.74, 6) is -1.28. The molecule has 1 unspecified atom stereocenters. The zero-order chi connectivity index (χ0) is 15.7. The second-order valence-corrected chi connectivity index (χ2v) is 4.94. The fourth-order valence-electron chi connectivity index (χ4n) is 2.11. The monoisotopic (exact) mass is 301 g/mol. The molecular formula is C13H23N3O5. The van der Waals surface area contributed by atoms with Gasteiger partial charge in [0.15, 0.2) is 0 Å². The van der Waals surface area contributed by atoms with Crippen molar-refractivity contribution in [2.45, 2.75) is 31.7 Å². The Labute approximate surface area is 123 Å². The van der Waals surface area contributed by atoms with Crippen LogP contribution in [0.5, 0.6) is 0 Å². The number of aliphatic carboxylic acids is 1. The maximum absolute atomic E-state index is 11.8. The van der Waals surface area contributed by atoms with Crippen molar-refractivity contribution in [1.82, 2.24) is 15.5 Å². The number of piperidine rings is 1. The Kier molecular flexibility index (Phi) is 7.52. The minimum absolute atomic E-state index is 0.123. The van der Waals surface area contributed by atoms with Gasteiger partial charge in [0.1, 0.15) is 6.04 Å². The molecule has 1 atom stereocenters. The Morgan fingerprint density at radius 3 is 2.48 bits per heavy atom. The summed E-state index contributed by atoms with van der Waals surface area (Å²) < 4.78 is 4.79. The molecule has 1 saturated heterocycles. The number of carboxylic acid groups (broad SMARTS) is 1. The van der Waals surface area contributed by atoms with Gasteiger partial charge >= 0.3 is 12.0 Å². The highest BCUT2D eigenvalue weighted by Crippen LogP contribution is 2.08. The maximum atomic E-state index is 11.8. The van der Waals surface area contributed by atoms with Gasteiger partial charge in [0.25, 0.3) is 0 Å². The number of ether oxygens (including phenoxy) is 1. The van der Waals surface area contributed by atoms with Crippen molar-refractivity contribution in [3.8, 4) is 0 Å². The molecule has 1 rings (SSSR count). The minimum Gasteiger partial charge on any atom is -0.480 e. The van der Waals surface area contributed by atoms with Gasteiger partial charge in [-0.2, -0.15) is 0 Å². The van der Waals surface area contributed by atoms with Crippen LogP contribution in [-0.4, -0.2) is 67.3 Å². The summed E-state index contributed by atoms with van der Waals surface area (Å²) in [4.78, 5) is 36.1. The summed E-state index contributed by atoms with van der Waals surface area (Å²) in [6.07, 6.45) is 3.25. The first-order chi connectivity index (χ1) is 10.0. The summed E-state index contributed by atoms with van der Waals surface area (Å²) in [5.41, 5.74) is 0. The van der Waals surface area contributed by atoms with E-state index < -0.39 is 18.0 Å². The van der Waals surface area contributed by atoms with Crippen LogP contribution >= 0.6 is 0 Å². The third-order valence-corrected chi connectivity index (χ3v) is 3.32. The Balaban J connectivity index is 2.31. The third-order valence-electron chi connectivity index (χ3n) is 3.32. The van der Waals surface area contributed by atoms with Crippen LogP contribution in [0.2, 0.25) is 0 Å². The predicted octanol–water partition coefficient (Wildman–Crippen LogP) is -0.212. The summed E-state index contributed by atoms with van der Waals surface area (Å²) in [6, 6.07) is -1.70. The zero-order valence-corrected chi connectivity index (χ0v) is 12.3. The van der Waals surface area contributed by atoms with Gasteiger partial charge in [-0.1, -0.05) is 0 Å². The van der Waals surface area contributed by atoms with E-state index in [-0.39, 0.29) is 25.5 Å². The first-order valence-corrected chi connectivity index (χ1v) is 7.08. The average Bonchev–Trinajstić information content (AvgIpc) is 2.49. The van der Waals surface area contributed by atoms with E-state index in [1.54, 1.807) is 4.90 Å². The van der Waals surface area contributed by atoms with E-state index in [0.717, 1.165) is 19.3 Å². The largest absolute Gasteiger partial charge is 0.480 e. The van der Waals surface area contributed by atoms with Crippen LogP contribution in [0, 0.1) is 0 Å². The van der Waals surface area contributed by atoms with E-state index in [9.17, 15) is 14.4 Å². The van der Waals surface area contributed by atoms with Crippen LogP contribution in [0.25, 0.3) is 0 Å². The predicted molar refractivity (Wildman–Crippen MR) is 74.9 cm³/mol. The number of rotatable bonds is 7. The quantitative estimate of drug-likeness (QED) is 0.603. The van der Waals surface area contributed by atoms with Crippen LogP contribution in [0.3, 0.4) is 0 Å². The van der Waals surface area contributed by atoms with Gasteiger partial charge in [0, 0.05) is 33.2 Å².